The second-order valence-corrected chi connectivity index (χ2v) is 14.9. The average Bonchev–Trinajstić information content (AvgIpc) is 3.19. The quantitative estimate of drug-likeness (QED) is 0.161. The number of fused-ring (bicyclic) bond motifs is 3. The molecule has 0 aromatic heterocycles. The van der Waals surface area contributed by atoms with E-state index in [9.17, 15) is 0 Å². The van der Waals surface area contributed by atoms with Crippen LogP contribution in [0.2, 0.25) is 0 Å². The van der Waals surface area contributed by atoms with Gasteiger partial charge in [-0.3, -0.25) is 0 Å². The SMILES string of the molecule is CC(C)(C)c1ccc(-c2c3ccccc3c(-c3ccc4cc(-c5c(-c6ccccc6)cccc5-c5ccccc5)ccc4c3)c3ccccc23)cc1. The summed E-state index contributed by atoms with van der Waals surface area (Å²) in [7, 11) is 0. The second-order valence-electron chi connectivity index (χ2n) is 14.9. The first-order valence-corrected chi connectivity index (χ1v) is 18.3. The van der Waals surface area contributed by atoms with Crippen LogP contribution in [0.15, 0.2) is 188 Å². The van der Waals surface area contributed by atoms with E-state index in [1.54, 1.807) is 0 Å². The van der Waals surface area contributed by atoms with E-state index in [0.717, 1.165) is 0 Å². The highest BCUT2D eigenvalue weighted by molar-refractivity contribution is 6.21. The third-order valence-electron chi connectivity index (χ3n) is 10.6. The van der Waals surface area contributed by atoms with Crippen molar-refractivity contribution in [3.8, 4) is 55.6 Å². The topological polar surface area (TPSA) is 0 Å². The van der Waals surface area contributed by atoms with Crippen molar-refractivity contribution >= 4 is 32.3 Å². The molecule has 0 saturated heterocycles. The third kappa shape index (κ3) is 5.58. The Morgan fingerprint density at radius 1 is 0.288 bits per heavy atom. The van der Waals surface area contributed by atoms with Gasteiger partial charge in [-0.15, -0.1) is 0 Å². The van der Waals surface area contributed by atoms with Gasteiger partial charge in [-0.1, -0.05) is 197 Å². The van der Waals surface area contributed by atoms with E-state index in [1.807, 2.05) is 0 Å². The number of hydrogen-bond acceptors (Lipinski definition) is 0. The summed E-state index contributed by atoms with van der Waals surface area (Å²) in [5, 5.41) is 7.57. The Morgan fingerprint density at radius 3 is 1.12 bits per heavy atom. The van der Waals surface area contributed by atoms with Crippen molar-refractivity contribution in [2.45, 2.75) is 26.2 Å². The molecule has 0 heteroatoms. The Morgan fingerprint density at radius 2 is 0.673 bits per heavy atom. The molecule has 9 rings (SSSR count). The molecular formula is C52H40. The highest BCUT2D eigenvalue weighted by Crippen LogP contribution is 2.45. The third-order valence-corrected chi connectivity index (χ3v) is 10.6. The van der Waals surface area contributed by atoms with E-state index >= 15 is 0 Å². The average molecular weight is 665 g/mol. The van der Waals surface area contributed by atoms with E-state index in [1.165, 1.54) is 93.5 Å². The fourth-order valence-corrected chi connectivity index (χ4v) is 8.02. The Labute approximate surface area is 306 Å². The molecule has 52 heavy (non-hydrogen) atoms. The molecule has 0 aliphatic carbocycles. The van der Waals surface area contributed by atoms with Gasteiger partial charge < -0.3 is 0 Å². The van der Waals surface area contributed by atoms with Crippen molar-refractivity contribution in [1.82, 2.24) is 0 Å². The zero-order valence-electron chi connectivity index (χ0n) is 29.9. The second kappa shape index (κ2) is 12.8. The smallest absolute Gasteiger partial charge is 0.00262 e. The summed E-state index contributed by atoms with van der Waals surface area (Å²) in [5.41, 5.74) is 13.9. The molecule has 0 heterocycles. The summed E-state index contributed by atoms with van der Waals surface area (Å²) in [6.45, 7) is 6.83. The molecule has 0 saturated carbocycles. The summed E-state index contributed by atoms with van der Waals surface area (Å²) in [4.78, 5) is 0. The molecule has 0 bridgehead atoms. The van der Waals surface area contributed by atoms with Gasteiger partial charge in [0.25, 0.3) is 0 Å². The van der Waals surface area contributed by atoms with Gasteiger partial charge >= 0.3 is 0 Å². The van der Waals surface area contributed by atoms with Crippen molar-refractivity contribution in [3.05, 3.63) is 194 Å². The molecule has 0 fully saturated rings. The van der Waals surface area contributed by atoms with Crippen LogP contribution in [-0.4, -0.2) is 0 Å². The minimum atomic E-state index is 0.110. The van der Waals surface area contributed by atoms with Crippen LogP contribution in [-0.2, 0) is 5.41 Å². The molecule has 0 unspecified atom stereocenters. The maximum absolute atomic E-state index is 2.38. The van der Waals surface area contributed by atoms with Crippen molar-refractivity contribution in [3.63, 3.8) is 0 Å². The number of hydrogen-bond donors (Lipinski definition) is 0. The standard InChI is InChI=1S/C52H40/c1-52(2,3)42-31-29-37(30-32-42)49-45-19-10-12-21-47(45)51(48-22-13-11-20-46(48)49)41-28-26-38-33-40(27-25-39(38)34-41)50-43(35-15-6-4-7-16-35)23-14-24-44(50)36-17-8-5-9-18-36/h4-34H,1-3H3. The van der Waals surface area contributed by atoms with Crippen LogP contribution in [0.4, 0.5) is 0 Å². The maximum Gasteiger partial charge on any atom is -0.00262 e. The maximum atomic E-state index is 2.38. The van der Waals surface area contributed by atoms with Crippen molar-refractivity contribution < 1.29 is 0 Å². The lowest BCUT2D eigenvalue weighted by Crippen LogP contribution is -2.10. The predicted octanol–water partition coefficient (Wildman–Crippen LogP) is 14.8. The summed E-state index contributed by atoms with van der Waals surface area (Å²) in [5.74, 6) is 0. The highest BCUT2D eigenvalue weighted by Gasteiger charge is 2.19. The lowest BCUT2D eigenvalue weighted by molar-refractivity contribution is 0.590. The molecule has 0 aliphatic heterocycles. The first-order valence-electron chi connectivity index (χ1n) is 18.3. The molecule has 248 valence electrons. The van der Waals surface area contributed by atoms with Gasteiger partial charge in [0.15, 0.2) is 0 Å². The van der Waals surface area contributed by atoms with E-state index in [0.29, 0.717) is 0 Å². The van der Waals surface area contributed by atoms with Gasteiger partial charge in [-0.25, -0.2) is 0 Å². The molecule has 0 aliphatic rings. The molecule has 0 amide bonds. The Hall–Kier alpha value is -6.24. The van der Waals surface area contributed by atoms with E-state index in [-0.39, 0.29) is 5.41 Å². The fraction of sp³-hybridized carbons (Fsp3) is 0.0769. The molecule has 0 atom stereocenters. The van der Waals surface area contributed by atoms with Gasteiger partial charge in [0, 0.05) is 0 Å². The first kappa shape index (κ1) is 31.7. The van der Waals surface area contributed by atoms with Gasteiger partial charge in [0.05, 0.1) is 0 Å². The van der Waals surface area contributed by atoms with Crippen LogP contribution < -0.4 is 0 Å². The van der Waals surface area contributed by atoms with Crippen molar-refractivity contribution in [1.29, 1.82) is 0 Å². The Balaban J connectivity index is 1.21. The van der Waals surface area contributed by atoms with E-state index in [4.69, 9.17) is 0 Å². The summed E-state index contributed by atoms with van der Waals surface area (Å²) in [6, 6.07) is 69.3. The molecule has 0 N–H and O–H groups in total. The van der Waals surface area contributed by atoms with Crippen molar-refractivity contribution in [2.24, 2.45) is 0 Å². The first-order chi connectivity index (χ1) is 25.4. The normalized spacial score (nSPS) is 11.8. The van der Waals surface area contributed by atoms with Crippen LogP contribution in [0.1, 0.15) is 26.3 Å². The minimum absolute atomic E-state index is 0.110. The predicted molar refractivity (Wildman–Crippen MR) is 225 cm³/mol. The van der Waals surface area contributed by atoms with Crippen LogP contribution in [0.5, 0.6) is 0 Å². The van der Waals surface area contributed by atoms with Crippen LogP contribution in [0.3, 0.4) is 0 Å². The van der Waals surface area contributed by atoms with Crippen molar-refractivity contribution in [2.75, 3.05) is 0 Å². The Kier molecular flexibility index (Phi) is 7.82. The zero-order chi connectivity index (χ0) is 35.2. The summed E-state index contributed by atoms with van der Waals surface area (Å²) < 4.78 is 0. The molecule has 9 aromatic carbocycles. The summed E-state index contributed by atoms with van der Waals surface area (Å²) >= 11 is 0. The lowest BCUT2D eigenvalue weighted by atomic mass is 9.83. The Bertz CT molecular complexity index is 2610. The van der Waals surface area contributed by atoms with E-state index < -0.39 is 0 Å². The van der Waals surface area contributed by atoms with Crippen LogP contribution >= 0.6 is 0 Å². The van der Waals surface area contributed by atoms with E-state index in [2.05, 4.69) is 209 Å². The van der Waals surface area contributed by atoms with Gasteiger partial charge in [0.1, 0.15) is 0 Å². The molecule has 0 nitrogen and oxygen atoms in total. The molecule has 0 radical (unpaired) electrons. The molecular weight excluding hydrogens is 625 g/mol. The zero-order valence-corrected chi connectivity index (χ0v) is 29.9. The molecule has 9 aromatic rings. The minimum Gasteiger partial charge on any atom is -0.0622 e. The highest BCUT2D eigenvalue weighted by atomic mass is 14.2. The summed E-state index contributed by atoms with van der Waals surface area (Å²) in [6.07, 6.45) is 0. The number of rotatable bonds is 5. The number of benzene rings is 9. The molecule has 0 spiro atoms. The fourth-order valence-electron chi connectivity index (χ4n) is 8.02. The monoisotopic (exact) mass is 664 g/mol. The lowest BCUT2D eigenvalue weighted by Gasteiger charge is -2.21. The van der Waals surface area contributed by atoms with Crippen LogP contribution in [0.25, 0.3) is 88.0 Å². The largest absolute Gasteiger partial charge is 0.0622 e. The van der Waals surface area contributed by atoms with Gasteiger partial charge in [-0.2, -0.15) is 0 Å². The van der Waals surface area contributed by atoms with Gasteiger partial charge in [-0.05, 0) is 111 Å². The van der Waals surface area contributed by atoms with Crippen LogP contribution in [0, 0.1) is 0 Å². The van der Waals surface area contributed by atoms with Gasteiger partial charge in [0.2, 0.25) is 0 Å².